The topological polar surface area (TPSA) is 38.4 Å². The maximum atomic E-state index is 14.9. The van der Waals surface area contributed by atoms with Crippen molar-refractivity contribution in [2.24, 2.45) is 10.7 Å². The monoisotopic (exact) mass is 372 g/mol. The smallest absolute Gasteiger partial charge is 0.133 e. The van der Waals surface area contributed by atoms with Gasteiger partial charge >= 0.3 is 0 Å². The molecular formula is C25H25FN2. The van der Waals surface area contributed by atoms with Crippen LogP contribution in [0.1, 0.15) is 30.5 Å². The Bertz CT molecular complexity index is 973. The summed E-state index contributed by atoms with van der Waals surface area (Å²) in [4.78, 5) is 4.21. The molecule has 0 saturated carbocycles. The highest BCUT2D eigenvalue weighted by atomic mass is 19.1. The van der Waals surface area contributed by atoms with E-state index in [1.54, 1.807) is 13.0 Å². The Labute approximate surface area is 166 Å². The molecular weight excluding hydrogens is 347 g/mol. The fourth-order valence-electron chi connectivity index (χ4n) is 2.65. The summed E-state index contributed by atoms with van der Waals surface area (Å²) >= 11 is 0. The molecule has 2 rings (SSSR count). The lowest BCUT2D eigenvalue weighted by atomic mass is 9.92. The van der Waals surface area contributed by atoms with E-state index in [1.165, 1.54) is 18.3 Å². The van der Waals surface area contributed by atoms with Gasteiger partial charge in [0.05, 0.1) is 5.71 Å². The number of aliphatic imine (C=N–C) groups is 1. The highest BCUT2D eigenvalue weighted by molar-refractivity contribution is 6.10. The van der Waals surface area contributed by atoms with Crippen LogP contribution in [-0.2, 0) is 0 Å². The first kappa shape index (κ1) is 20.8. The number of hydrogen-bond acceptors (Lipinski definition) is 2. The van der Waals surface area contributed by atoms with Crippen LogP contribution in [0.4, 0.5) is 4.39 Å². The normalized spacial score (nSPS) is 13.0. The Morgan fingerprint density at radius 3 is 2.39 bits per heavy atom. The van der Waals surface area contributed by atoms with Crippen LogP contribution in [0.5, 0.6) is 0 Å². The van der Waals surface area contributed by atoms with E-state index in [4.69, 9.17) is 5.73 Å². The molecule has 0 fully saturated rings. The summed E-state index contributed by atoms with van der Waals surface area (Å²) in [7, 11) is 0. The minimum Gasteiger partial charge on any atom is -0.401 e. The van der Waals surface area contributed by atoms with Crippen molar-refractivity contribution < 1.29 is 4.39 Å². The average Bonchev–Trinajstić information content (AvgIpc) is 2.70. The van der Waals surface area contributed by atoms with Gasteiger partial charge in [0.15, 0.2) is 0 Å². The van der Waals surface area contributed by atoms with Crippen molar-refractivity contribution in [3.8, 4) is 0 Å². The molecule has 0 radical (unpaired) electrons. The van der Waals surface area contributed by atoms with Gasteiger partial charge in [0.1, 0.15) is 5.82 Å². The van der Waals surface area contributed by atoms with Crippen molar-refractivity contribution >= 4 is 16.9 Å². The maximum absolute atomic E-state index is 14.9. The molecule has 0 aliphatic carbocycles. The summed E-state index contributed by atoms with van der Waals surface area (Å²) in [6.45, 7) is 11.6. The standard InChI is InChI=1S/C25H25FN2/c1-5-7-13-22(19(4)20-11-9-8-10-12-20)21-14-15-23(24(26)16-21)25(6-2)28-17-18(3)27/h5-17H,2,4,27H2,1,3H3/b7-5-,18-17+,22-13+,28-25?. The van der Waals surface area contributed by atoms with Gasteiger partial charge < -0.3 is 5.73 Å². The minimum atomic E-state index is -0.383. The summed E-state index contributed by atoms with van der Waals surface area (Å²) in [6, 6.07) is 14.9. The first-order valence-corrected chi connectivity index (χ1v) is 8.98. The molecule has 3 heteroatoms. The number of hydrogen-bond donors (Lipinski definition) is 1. The number of benzene rings is 2. The lowest BCUT2D eigenvalue weighted by molar-refractivity contribution is 0.625. The third-order valence-electron chi connectivity index (χ3n) is 4.06. The van der Waals surface area contributed by atoms with Gasteiger partial charge in [0.25, 0.3) is 0 Å². The molecule has 0 aliphatic rings. The molecule has 0 atom stereocenters. The van der Waals surface area contributed by atoms with Crippen molar-refractivity contribution in [2.45, 2.75) is 13.8 Å². The van der Waals surface area contributed by atoms with E-state index < -0.39 is 0 Å². The predicted octanol–water partition coefficient (Wildman–Crippen LogP) is 6.29. The zero-order valence-electron chi connectivity index (χ0n) is 16.3. The van der Waals surface area contributed by atoms with Gasteiger partial charge in [0, 0.05) is 17.5 Å². The summed E-state index contributed by atoms with van der Waals surface area (Å²) in [5, 5.41) is 0. The number of nitrogens with two attached hydrogens (primary N) is 1. The van der Waals surface area contributed by atoms with E-state index in [-0.39, 0.29) is 5.82 Å². The van der Waals surface area contributed by atoms with Gasteiger partial charge in [0.2, 0.25) is 0 Å². The summed E-state index contributed by atoms with van der Waals surface area (Å²) < 4.78 is 14.9. The van der Waals surface area contributed by atoms with Gasteiger partial charge in [-0.05, 0) is 54.3 Å². The number of allylic oxidation sites excluding steroid dienone is 7. The third-order valence-corrected chi connectivity index (χ3v) is 4.06. The molecule has 142 valence electrons. The highest BCUT2D eigenvalue weighted by Crippen LogP contribution is 2.31. The summed E-state index contributed by atoms with van der Waals surface area (Å²) in [5.74, 6) is -0.383. The Morgan fingerprint density at radius 1 is 1.11 bits per heavy atom. The van der Waals surface area contributed by atoms with E-state index >= 15 is 0 Å². The second kappa shape index (κ2) is 10.0. The van der Waals surface area contributed by atoms with Crippen LogP contribution in [0.15, 0.2) is 103 Å². The highest BCUT2D eigenvalue weighted by Gasteiger charge is 2.12. The van der Waals surface area contributed by atoms with Crippen LogP contribution in [0.3, 0.4) is 0 Å². The van der Waals surface area contributed by atoms with E-state index in [0.717, 1.165) is 22.3 Å². The molecule has 2 aromatic rings. The molecule has 0 aliphatic heterocycles. The van der Waals surface area contributed by atoms with Gasteiger partial charge in [-0.25, -0.2) is 4.39 Å². The lowest BCUT2D eigenvalue weighted by Crippen LogP contribution is -2.02. The Morgan fingerprint density at radius 2 is 1.82 bits per heavy atom. The van der Waals surface area contributed by atoms with Crippen molar-refractivity contribution in [3.05, 3.63) is 120 Å². The Balaban J connectivity index is 2.50. The molecule has 0 heterocycles. The fourth-order valence-corrected chi connectivity index (χ4v) is 2.65. The first-order valence-electron chi connectivity index (χ1n) is 8.98. The van der Waals surface area contributed by atoms with Gasteiger partial charge in [-0.3, -0.25) is 4.99 Å². The number of nitrogens with zero attached hydrogens (tertiary/aromatic N) is 1. The van der Waals surface area contributed by atoms with E-state index in [2.05, 4.69) is 18.2 Å². The van der Waals surface area contributed by atoms with Crippen LogP contribution in [0, 0.1) is 5.82 Å². The fraction of sp³-hybridized carbons (Fsp3) is 0.0800. The van der Waals surface area contributed by atoms with Crippen molar-refractivity contribution in [1.29, 1.82) is 0 Å². The van der Waals surface area contributed by atoms with Crippen LogP contribution in [0.25, 0.3) is 11.1 Å². The van der Waals surface area contributed by atoms with E-state index in [1.807, 2.05) is 61.5 Å². The van der Waals surface area contributed by atoms with E-state index in [0.29, 0.717) is 17.0 Å². The Kier molecular flexibility index (Phi) is 7.46. The zero-order chi connectivity index (χ0) is 20.5. The van der Waals surface area contributed by atoms with Gasteiger partial charge in [-0.15, -0.1) is 0 Å². The van der Waals surface area contributed by atoms with Crippen molar-refractivity contribution in [3.63, 3.8) is 0 Å². The predicted molar refractivity (Wildman–Crippen MR) is 119 cm³/mol. The average molecular weight is 372 g/mol. The largest absolute Gasteiger partial charge is 0.401 e. The molecule has 0 spiro atoms. The van der Waals surface area contributed by atoms with Crippen LogP contribution < -0.4 is 5.73 Å². The molecule has 0 bridgehead atoms. The van der Waals surface area contributed by atoms with Gasteiger partial charge in [-0.2, -0.15) is 0 Å². The number of rotatable bonds is 7. The molecule has 0 unspecified atom stereocenters. The molecule has 0 aromatic heterocycles. The van der Waals surface area contributed by atoms with Crippen LogP contribution in [0.2, 0.25) is 0 Å². The first-order chi connectivity index (χ1) is 13.5. The van der Waals surface area contributed by atoms with Gasteiger partial charge in [-0.1, -0.05) is 67.8 Å². The zero-order valence-corrected chi connectivity index (χ0v) is 16.3. The quantitative estimate of drug-likeness (QED) is 0.450. The Hall–Kier alpha value is -3.46. The minimum absolute atomic E-state index is 0.368. The van der Waals surface area contributed by atoms with E-state index in [9.17, 15) is 4.39 Å². The summed E-state index contributed by atoms with van der Waals surface area (Å²) in [5.41, 5.74) is 10.3. The molecule has 2 nitrogen and oxygen atoms in total. The lowest BCUT2D eigenvalue weighted by Gasteiger charge is -2.13. The third kappa shape index (κ3) is 5.27. The second-order valence-electron chi connectivity index (χ2n) is 6.24. The maximum Gasteiger partial charge on any atom is 0.133 e. The molecule has 2 N–H and O–H groups in total. The summed E-state index contributed by atoms with van der Waals surface area (Å²) in [6.07, 6.45) is 8.77. The SMILES string of the molecule is C=CC(=N/C=C(\C)N)c1ccc(/C(=C/C=C\C)C(=C)c2ccccc2)cc1F. The van der Waals surface area contributed by atoms with Crippen LogP contribution in [-0.4, -0.2) is 5.71 Å². The van der Waals surface area contributed by atoms with Crippen LogP contribution >= 0.6 is 0 Å². The van der Waals surface area contributed by atoms with Crippen molar-refractivity contribution in [2.75, 3.05) is 0 Å². The molecule has 2 aromatic carbocycles. The number of halogens is 1. The van der Waals surface area contributed by atoms with Crippen molar-refractivity contribution in [1.82, 2.24) is 0 Å². The molecule has 28 heavy (non-hydrogen) atoms. The molecule has 0 saturated heterocycles. The molecule has 0 amide bonds. The second-order valence-corrected chi connectivity index (χ2v) is 6.24.